The highest BCUT2D eigenvalue weighted by Crippen LogP contribution is 2.43. The second-order valence-electron chi connectivity index (χ2n) is 16.1. The molecule has 0 saturated heterocycles. The maximum Gasteiger partial charge on any atom is 0.472 e. The first-order valence-corrected chi connectivity index (χ1v) is 23.9. The number of carbonyl (C=O) groups excluding carboxylic acids is 2. The van der Waals surface area contributed by atoms with Gasteiger partial charge in [0.1, 0.15) is 19.8 Å². The highest BCUT2D eigenvalue weighted by Gasteiger charge is 2.27. The molecule has 340 valence electrons. The number of nitrogens with zero attached hydrogens (tertiary/aromatic N) is 1. The molecule has 0 aliphatic carbocycles. The van der Waals surface area contributed by atoms with Crippen LogP contribution in [-0.4, -0.2) is 97.3 Å². The van der Waals surface area contributed by atoms with Gasteiger partial charge in [0.2, 0.25) is 0 Å². The maximum atomic E-state index is 12.7. The lowest BCUT2D eigenvalue weighted by Crippen LogP contribution is -2.37. The van der Waals surface area contributed by atoms with Gasteiger partial charge in [-0.15, -0.1) is 0 Å². The summed E-state index contributed by atoms with van der Waals surface area (Å²) in [4.78, 5) is 35.4. The van der Waals surface area contributed by atoms with Crippen LogP contribution >= 0.6 is 7.82 Å². The van der Waals surface area contributed by atoms with Crippen LogP contribution < -0.4 is 0 Å². The van der Waals surface area contributed by atoms with E-state index >= 15 is 0 Å². The van der Waals surface area contributed by atoms with Crippen molar-refractivity contribution in [1.29, 1.82) is 0 Å². The number of aliphatic hydroxyl groups is 2. The van der Waals surface area contributed by atoms with E-state index in [1.165, 1.54) is 64.2 Å². The van der Waals surface area contributed by atoms with Crippen molar-refractivity contribution >= 4 is 19.8 Å². The van der Waals surface area contributed by atoms with E-state index in [4.69, 9.17) is 18.5 Å². The van der Waals surface area contributed by atoms with Crippen LogP contribution in [0.1, 0.15) is 149 Å². The molecule has 59 heavy (non-hydrogen) atoms. The van der Waals surface area contributed by atoms with Gasteiger partial charge in [0.15, 0.2) is 6.10 Å². The number of allylic oxidation sites excluding steroid dienone is 8. The Morgan fingerprint density at radius 3 is 1.81 bits per heavy atom. The van der Waals surface area contributed by atoms with Crippen molar-refractivity contribution < 1.29 is 52.3 Å². The van der Waals surface area contributed by atoms with E-state index in [0.717, 1.165) is 25.7 Å². The van der Waals surface area contributed by atoms with Crippen molar-refractivity contribution in [3.63, 3.8) is 0 Å². The van der Waals surface area contributed by atoms with Crippen molar-refractivity contribution in [2.45, 2.75) is 167 Å². The summed E-state index contributed by atoms with van der Waals surface area (Å²) in [6.45, 7) is 3.99. The average molecular weight is 853 g/mol. The third-order valence-electron chi connectivity index (χ3n) is 9.18. The average Bonchev–Trinajstić information content (AvgIpc) is 3.17. The summed E-state index contributed by atoms with van der Waals surface area (Å²) < 4.78 is 34.1. The number of esters is 2. The van der Waals surface area contributed by atoms with E-state index in [1.807, 2.05) is 63.7 Å². The van der Waals surface area contributed by atoms with Crippen LogP contribution in [0.15, 0.2) is 72.9 Å². The molecule has 0 aliphatic heterocycles. The minimum Gasteiger partial charge on any atom is -0.462 e. The van der Waals surface area contributed by atoms with Gasteiger partial charge in [0.25, 0.3) is 0 Å². The first-order valence-electron chi connectivity index (χ1n) is 22.4. The fourth-order valence-corrected chi connectivity index (χ4v) is 6.38. The standard InChI is InChI=1S/C47H82NO10P/c1-6-8-10-11-12-13-14-15-16-17-18-22-25-31-37-46(51)55-41-45(42-57-59(53,54)56-40-39-48(3,4)5)58-47(52)38-32-26-30-36-44(50)35-29-24-21-19-20-23-28-34-43(49)33-27-9-7-2/h9,20-21,23-24,27-30,34-36,43-45,49-50H,6-8,10-19,22,25-26,31-33,37-42H2,1-5H3/p+1/b23-20-,24-21-,27-9-,34-28+,35-29+,36-30-/t43-,44-,45+/m0/s1. The molecule has 11 nitrogen and oxygen atoms in total. The third-order valence-corrected chi connectivity index (χ3v) is 10.2. The fraction of sp³-hybridized carbons (Fsp3) is 0.702. The van der Waals surface area contributed by atoms with Crippen molar-refractivity contribution in [3.8, 4) is 0 Å². The molecule has 0 amide bonds. The number of phosphoric ester groups is 1. The molecule has 0 heterocycles. The SMILES string of the molecule is CC/C=C\C[C@H](O)/C=C/C=C\C/C=C\C=C\[C@H](O)/C=C\CCCC(=O)O[C@H](COC(=O)CCCCCCCCCCCCCCCC)COP(=O)(O)OCC[N+](C)(C)C. The molecular weight excluding hydrogens is 769 g/mol. The zero-order valence-corrected chi connectivity index (χ0v) is 38.3. The van der Waals surface area contributed by atoms with Crippen LogP contribution in [-0.2, 0) is 32.7 Å². The Kier molecular flexibility index (Phi) is 36.6. The summed E-state index contributed by atoms with van der Waals surface area (Å²) >= 11 is 0. The number of ether oxygens (including phenoxy) is 2. The Bertz CT molecular complexity index is 1270. The predicted molar refractivity (Wildman–Crippen MR) is 241 cm³/mol. The zero-order valence-electron chi connectivity index (χ0n) is 37.4. The molecule has 0 aromatic rings. The van der Waals surface area contributed by atoms with Crippen LogP contribution in [0.4, 0.5) is 0 Å². The lowest BCUT2D eigenvalue weighted by Gasteiger charge is -2.24. The quantitative estimate of drug-likeness (QED) is 0.0136. The summed E-state index contributed by atoms with van der Waals surface area (Å²) in [5.41, 5.74) is 0. The molecule has 0 bridgehead atoms. The van der Waals surface area contributed by atoms with E-state index < -0.39 is 44.7 Å². The Labute approximate surface area is 358 Å². The molecule has 0 radical (unpaired) electrons. The van der Waals surface area contributed by atoms with Gasteiger partial charge in [-0.25, -0.2) is 4.57 Å². The summed E-state index contributed by atoms with van der Waals surface area (Å²) in [5, 5.41) is 20.0. The van der Waals surface area contributed by atoms with Crippen LogP contribution in [0.3, 0.4) is 0 Å². The smallest absolute Gasteiger partial charge is 0.462 e. The van der Waals surface area contributed by atoms with Gasteiger partial charge in [-0.2, -0.15) is 0 Å². The van der Waals surface area contributed by atoms with Crippen molar-refractivity contribution in [1.82, 2.24) is 0 Å². The Balaban J connectivity index is 4.62. The number of likely N-dealkylation sites (N-methyl/N-ethyl adjacent to an activating group) is 1. The molecule has 12 heteroatoms. The highest BCUT2D eigenvalue weighted by molar-refractivity contribution is 7.47. The van der Waals surface area contributed by atoms with Gasteiger partial charge in [-0.05, 0) is 38.5 Å². The van der Waals surface area contributed by atoms with Gasteiger partial charge in [-0.1, -0.05) is 170 Å². The molecule has 0 rings (SSSR count). The molecule has 3 N–H and O–H groups in total. The molecule has 0 aliphatic rings. The van der Waals surface area contributed by atoms with E-state index in [2.05, 4.69) is 13.8 Å². The van der Waals surface area contributed by atoms with Gasteiger partial charge in [0.05, 0.1) is 40.0 Å². The highest BCUT2D eigenvalue weighted by atomic mass is 31.2. The molecule has 0 aromatic heterocycles. The Morgan fingerprint density at radius 2 is 1.22 bits per heavy atom. The monoisotopic (exact) mass is 853 g/mol. The summed E-state index contributed by atoms with van der Waals surface area (Å²) in [6, 6.07) is 0. The molecule has 0 fully saturated rings. The Hall–Kier alpha value is -2.63. The Morgan fingerprint density at radius 1 is 0.644 bits per heavy atom. The molecule has 0 saturated carbocycles. The largest absolute Gasteiger partial charge is 0.472 e. The minimum atomic E-state index is -4.43. The minimum absolute atomic E-state index is 0.00871. The van der Waals surface area contributed by atoms with Gasteiger partial charge in [-0.3, -0.25) is 18.6 Å². The number of aliphatic hydroxyl groups excluding tert-OH is 2. The molecular formula is C47H83NO10P+. The van der Waals surface area contributed by atoms with E-state index in [0.29, 0.717) is 43.1 Å². The first kappa shape index (κ1) is 56.4. The number of quaternary nitrogens is 1. The molecule has 4 atom stereocenters. The van der Waals surface area contributed by atoms with Crippen LogP contribution in [0.25, 0.3) is 0 Å². The van der Waals surface area contributed by atoms with Crippen molar-refractivity contribution in [2.75, 3.05) is 47.5 Å². The number of unbranched alkanes of at least 4 members (excludes halogenated alkanes) is 14. The number of hydrogen-bond donors (Lipinski definition) is 3. The van der Waals surface area contributed by atoms with E-state index in [1.54, 1.807) is 30.4 Å². The summed E-state index contributed by atoms with van der Waals surface area (Å²) in [6.07, 6.45) is 40.3. The van der Waals surface area contributed by atoms with E-state index in [9.17, 15) is 29.3 Å². The molecule has 1 unspecified atom stereocenters. The van der Waals surface area contributed by atoms with Crippen LogP contribution in [0.2, 0.25) is 0 Å². The first-order chi connectivity index (χ1) is 28.3. The number of hydrogen-bond acceptors (Lipinski definition) is 9. The maximum absolute atomic E-state index is 12.7. The third kappa shape index (κ3) is 41.9. The van der Waals surface area contributed by atoms with Gasteiger partial charge < -0.3 is 29.1 Å². The number of rotatable bonds is 39. The second kappa shape index (κ2) is 38.3. The van der Waals surface area contributed by atoms with Crippen LogP contribution in [0.5, 0.6) is 0 Å². The fourth-order valence-electron chi connectivity index (χ4n) is 5.64. The summed E-state index contributed by atoms with van der Waals surface area (Å²) in [5.74, 6) is -0.985. The van der Waals surface area contributed by atoms with E-state index in [-0.39, 0.29) is 26.1 Å². The number of phosphoric acid groups is 1. The van der Waals surface area contributed by atoms with Crippen molar-refractivity contribution in [2.24, 2.45) is 0 Å². The van der Waals surface area contributed by atoms with Crippen LogP contribution in [0, 0.1) is 0 Å². The topological polar surface area (TPSA) is 149 Å². The summed E-state index contributed by atoms with van der Waals surface area (Å²) in [7, 11) is 1.34. The lowest BCUT2D eigenvalue weighted by atomic mass is 10.0. The van der Waals surface area contributed by atoms with Gasteiger partial charge in [0, 0.05) is 12.8 Å². The zero-order chi connectivity index (χ0) is 43.9. The molecule has 0 spiro atoms. The lowest BCUT2D eigenvalue weighted by molar-refractivity contribution is -0.870. The predicted octanol–water partition coefficient (Wildman–Crippen LogP) is 10.6. The number of carbonyl (C=O) groups is 2. The molecule has 0 aromatic carbocycles. The van der Waals surface area contributed by atoms with Crippen molar-refractivity contribution in [3.05, 3.63) is 72.9 Å². The van der Waals surface area contributed by atoms with Gasteiger partial charge >= 0.3 is 19.8 Å². The normalized spacial score (nSPS) is 15.3. The second-order valence-corrected chi connectivity index (χ2v) is 17.6.